The van der Waals surface area contributed by atoms with Crippen molar-refractivity contribution in [2.45, 2.75) is 18.6 Å². The standard InChI is InChI=1S/C10H24N4O2/c1-11-5-4-9(13-3)10(16)14-7-8(15)6-12-2/h8-9,11-13,15H,4-7H2,1-3H3,(H,14,16)/t8?,9-/m0/s1. The van der Waals surface area contributed by atoms with E-state index in [0.717, 1.165) is 13.0 Å². The zero-order valence-electron chi connectivity index (χ0n) is 10.3. The van der Waals surface area contributed by atoms with E-state index in [0.29, 0.717) is 6.54 Å². The summed E-state index contributed by atoms with van der Waals surface area (Å²) >= 11 is 0. The smallest absolute Gasteiger partial charge is 0.237 e. The van der Waals surface area contributed by atoms with Crippen molar-refractivity contribution in [2.24, 2.45) is 0 Å². The molecule has 6 nitrogen and oxygen atoms in total. The van der Waals surface area contributed by atoms with Crippen molar-refractivity contribution in [1.82, 2.24) is 21.3 Å². The summed E-state index contributed by atoms with van der Waals surface area (Å²) in [6.07, 6.45) is 0.178. The number of amides is 1. The fourth-order valence-electron chi connectivity index (χ4n) is 1.34. The van der Waals surface area contributed by atoms with Gasteiger partial charge in [0.1, 0.15) is 0 Å². The number of hydrogen-bond acceptors (Lipinski definition) is 5. The zero-order chi connectivity index (χ0) is 12.4. The van der Waals surface area contributed by atoms with E-state index in [2.05, 4.69) is 21.3 Å². The molecule has 0 aromatic heterocycles. The third-order valence-electron chi connectivity index (χ3n) is 2.30. The van der Waals surface area contributed by atoms with Gasteiger partial charge in [-0.3, -0.25) is 4.79 Å². The van der Waals surface area contributed by atoms with Crippen molar-refractivity contribution in [3.8, 4) is 0 Å². The van der Waals surface area contributed by atoms with E-state index in [1.807, 2.05) is 7.05 Å². The van der Waals surface area contributed by atoms with Gasteiger partial charge in [0, 0.05) is 13.1 Å². The van der Waals surface area contributed by atoms with Crippen LogP contribution in [0.5, 0.6) is 0 Å². The molecule has 0 spiro atoms. The highest BCUT2D eigenvalue weighted by atomic mass is 16.3. The first-order chi connectivity index (χ1) is 7.65. The quantitative estimate of drug-likeness (QED) is 0.314. The van der Waals surface area contributed by atoms with Gasteiger partial charge >= 0.3 is 0 Å². The summed E-state index contributed by atoms with van der Waals surface area (Å²) in [5.74, 6) is -0.0760. The third kappa shape index (κ3) is 6.73. The van der Waals surface area contributed by atoms with Crippen molar-refractivity contribution in [3.63, 3.8) is 0 Å². The minimum atomic E-state index is -0.546. The molecule has 6 heteroatoms. The van der Waals surface area contributed by atoms with Gasteiger partial charge in [0.15, 0.2) is 0 Å². The number of likely N-dealkylation sites (N-methyl/N-ethyl adjacent to an activating group) is 2. The Labute approximate surface area is 97.2 Å². The summed E-state index contributed by atoms with van der Waals surface area (Å²) in [7, 11) is 5.36. The molecule has 0 rings (SSSR count). The van der Waals surface area contributed by atoms with Gasteiger partial charge in [-0.1, -0.05) is 0 Å². The van der Waals surface area contributed by atoms with Crippen LogP contribution < -0.4 is 21.3 Å². The molecule has 0 aliphatic carbocycles. The van der Waals surface area contributed by atoms with E-state index in [9.17, 15) is 9.90 Å². The maximum atomic E-state index is 11.7. The molecule has 0 heterocycles. The van der Waals surface area contributed by atoms with E-state index in [1.54, 1.807) is 14.1 Å². The molecule has 0 aliphatic heterocycles. The molecule has 2 atom stereocenters. The lowest BCUT2D eigenvalue weighted by molar-refractivity contribution is -0.123. The lowest BCUT2D eigenvalue weighted by Crippen LogP contribution is -2.47. The van der Waals surface area contributed by atoms with E-state index in [-0.39, 0.29) is 18.5 Å². The highest BCUT2D eigenvalue weighted by molar-refractivity contribution is 5.81. The van der Waals surface area contributed by atoms with Crippen molar-refractivity contribution < 1.29 is 9.90 Å². The van der Waals surface area contributed by atoms with Crippen molar-refractivity contribution in [3.05, 3.63) is 0 Å². The van der Waals surface area contributed by atoms with Gasteiger partial charge in [-0.05, 0) is 34.1 Å². The van der Waals surface area contributed by atoms with Gasteiger partial charge in [0.05, 0.1) is 12.1 Å². The van der Waals surface area contributed by atoms with Crippen LogP contribution in [0.4, 0.5) is 0 Å². The molecule has 0 fully saturated rings. The topological polar surface area (TPSA) is 85.4 Å². The van der Waals surface area contributed by atoms with Crippen LogP contribution in [0.1, 0.15) is 6.42 Å². The number of nitrogens with one attached hydrogen (secondary N) is 4. The van der Waals surface area contributed by atoms with E-state index in [1.165, 1.54) is 0 Å². The monoisotopic (exact) mass is 232 g/mol. The van der Waals surface area contributed by atoms with Crippen LogP contribution in [0.15, 0.2) is 0 Å². The average Bonchev–Trinajstić information content (AvgIpc) is 2.28. The lowest BCUT2D eigenvalue weighted by Gasteiger charge is -2.17. The van der Waals surface area contributed by atoms with Crippen LogP contribution >= 0.6 is 0 Å². The Kier molecular flexibility index (Phi) is 9.12. The molecule has 0 saturated carbocycles. The second-order valence-electron chi connectivity index (χ2n) is 3.69. The summed E-state index contributed by atoms with van der Waals surface area (Å²) in [6, 6.07) is -0.214. The predicted octanol–water partition coefficient (Wildman–Crippen LogP) is -2.12. The van der Waals surface area contributed by atoms with Crippen molar-refractivity contribution in [1.29, 1.82) is 0 Å². The van der Waals surface area contributed by atoms with Crippen LogP contribution in [0.25, 0.3) is 0 Å². The Bertz CT molecular complexity index is 190. The highest BCUT2D eigenvalue weighted by Crippen LogP contribution is 1.90. The summed E-state index contributed by atoms with van der Waals surface area (Å²) in [6.45, 7) is 1.52. The molecule has 1 amide bonds. The highest BCUT2D eigenvalue weighted by Gasteiger charge is 2.16. The van der Waals surface area contributed by atoms with Crippen LogP contribution in [-0.2, 0) is 4.79 Å². The first-order valence-electron chi connectivity index (χ1n) is 5.58. The Morgan fingerprint density at radius 2 is 1.88 bits per heavy atom. The largest absolute Gasteiger partial charge is 0.390 e. The molecule has 16 heavy (non-hydrogen) atoms. The van der Waals surface area contributed by atoms with E-state index in [4.69, 9.17) is 0 Å². The minimum absolute atomic E-state index is 0.0760. The van der Waals surface area contributed by atoms with Crippen LogP contribution in [0, 0.1) is 0 Å². The zero-order valence-corrected chi connectivity index (χ0v) is 10.3. The van der Waals surface area contributed by atoms with Gasteiger partial charge in [0.2, 0.25) is 5.91 Å². The molecule has 0 aromatic rings. The van der Waals surface area contributed by atoms with Crippen molar-refractivity contribution >= 4 is 5.91 Å². The number of hydrogen-bond donors (Lipinski definition) is 5. The first kappa shape index (κ1) is 15.3. The Hall–Kier alpha value is -0.690. The second kappa shape index (κ2) is 9.53. The maximum Gasteiger partial charge on any atom is 0.237 e. The van der Waals surface area contributed by atoms with Gasteiger partial charge in [-0.15, -0.1) is 0 Å². The molecule has 0 aliphatic rings. The van der Waals surface area contributed by atoms with Gasteiger partial charge < -0.3 is 26.4 Å². The number of carbonyl (C=O) groups is 1. The Balaban J connectivity index is 3.82. The Morgan fingerprint density at radius 1 is 1.19 bits per heavy atom. The van der Waals surface area contributed by atoms with Crippen molar-refractivity contribution in [2.75, 3.05) is 40.8 Å². The molecule has 1 unspecified atom stereocenters. The molecule has 5 N–H and O–H groups in total. The van der Waals surface area contributed by atoms with Gasteiger partial charge in [0.25, 0.3) is 0 Å². The molecule has 0 aromatic carbocycles. The van der Waals surface area contributed by atoms with Gasteiger partial charge in [-0.2, -0.15) is 0 Å². The summed E-state index contributed by atoms with van der Waals surface area (Å²) in [4.78, 5) is 11.7. The number of aliphatic hydroxyl groups is 1. The van der Waals surface area contributed by atoms with E-state index < -0.39 is 6.10 Å². The number of carbonyl (C=O) groups excluding carboxylic acids is 1. The fourth-order valence-corrected chi connectivity index (χ4v) is 1.34. The summed E-state index contributed by atoms with van der Waals surface area (Å²) < 4.78 is 0. The Morgan fingerprint density at radius 3 is 2.38 bits per heavy atom. The lowest BCUT2D eigenvalue weighted by atomic mass is 10.2. The predicted molar refractivity (Wildman–Crippen MR) is 64.3 cm³/mol. The molecular weight excluding hydrogens is 208 g/mol. The normalized spacial score (nSPS) is 14.5. The SMILES string of the molecule is CNCC[C@H](NC)C(=O)NCC(O)CNC. The second-order valence-corrected chi connectivity index (χ2v) is 3.69. The number of rotatable bonds is 9. The summed E-state index contributed by atoms with van der Waals surface area (Å²) in [5.41, 5.74) is 0. The minimum Gasteiger partial charge on any atom is -0.390 e. The average molecular weight is 232 g/mol. The molecule has 0 radical (unpaired) electrons. The maximum absolute atomic E-state index is 11.7. The molecular formula is C10H24N4O2. The first-order valence-corrected chi connectivity index (χ1v) is 5.58. The van der Waals surface area contributed by atoms with Crippen LogP contribution in [0.2, 0.25) is 0 Å². The van der Waals surface area contributed by atoms with Crippen LogP contribution in [-0.4, -0.2) is 63.9 Å². The third-order valence-corrected chi connectivity index (χ3v) is 2.30. The molecule has 96 valence electrons. The van der Waals surface area contributed by atoms with E-state index >= 15 is 0 Å². The molecule has 0 bridgehead atoms. The number of aliphatic hydroxyl groups excluding tert-OH is 1. The fraction of sp³-hybridized carbons (Fsp3) is 0.900. The summed E-state index contributed by atoms with van der Waals surface area (Å²) in [5, 5.41) is 20.9. The van der Waals surface area contributed by atoms with Gasteiger partial charge in [-0.25, -0.2) is 0 Å². The van der Waals surface area contributed by atoms with Crippen LogP contribution in [0.3, 0.4) is 0 Å². The molecule has 0 saturated heterocycles.